The fourth-order valence-corrected chi connectivity index (χ4v) is 2.46. The monoisotopic (exact) mass is 282 g/mol. The van der Waals surface area contributed by atoms with E-state index in [1.54, 1.807) is 7.11 Å². The maximum atomic E-state index is 5.89. The standard InChI is InChI=1S/C16H30N2O2/c1-5-14(6-2)18(10-11-19-4)13-16-9-8-15(20-16)12-17-7-3/h8-9,14,17H,5-7,10-13H2,1-4H3. The third-order valence-corrected chi connectivity index (χ3v) is 3.67. The lowest BCUT2D eigenvalue weighted by Gasteiger charge is -2.29. The van der Waals surface area contributed by atoms with Gasteiger partial charge >= 0.3 is 0 Å². The Kier molecular flexibility index (Phi) is 8.58. The molecule has 4 heteroatoms. The van der Waals surface area contributed by atoms with Gasteiger partial charge in [0.05, 0.1) is 19.7 Å². The van der Waals surface area contributed by atoms with Gasteiger partial charge in [0.15, 0.2) is 0 Å². The highest BCUT2D eigenvalue weighted by Gasteiger charge is 2.16. The average molecular weight is 282 g/mol. The molecule has 0 aliphatic rings. The molecule has 0 atom stereocenters. The average Bonchev–Trinajstić information content (AvgIpc) is 2.91. The van der Waals surface area contributed by atoms with Crippen LogP contribution in [0.5, 0.6) is 0 Å². The molecule has 116 valence electrons. The summed E-state index contributed by atoms with van der Waals surface area (Å²) in [4.78, 5) is 2.46. The van der Waals surface area contributed by atoms with Gasteiger partial charge in [0.1, 0.15) is 11.5 Å². The molecule has 0 bridgehead atoms. The molecule has 1 heterocycles. The lowest BCUT2D eigenvalue weighted by atomic mass is 10.1. The molecule has 20 heavy (non-hydrogen) atoms. The molecule has 0 amide bonds. The molecular formula is C16H30N2O2. The molecule has 0 saturated carbocycles. The largest absolute Gasteiger partial charge is 0.463 e. The normalized spacial score (nSPS) is 11.7. The molecule has 0 aliphatic carbocycles. The zero-order valence-electron chi connectivity index (χ0n) is 13.4. The van der Waals surface area contributed by atoms with Crippen LogP contribution in [0.4, 0.5) is 0 Å². The van der Waals surface area contributed by atoms with Crippen molar-refractivity contribution >= 4 is 0 Å². The van der Waals surface area contributed by atoms with Crippen LogP contribution >= 0.6 is 0 Å². The molecule has 0 radical (unpaired) electrons. The number of hydrogen-bond donors (Lipinski definition) is 1. The number of nitrogens with one attached hydrogen (secondary N) is 1. The lowest BCUT2D eigenvalue weighted by molar-refractivity contribution is 0.104. The quantitative estimate of drug-likeness (QED) is 0.677. The second-order valence-corrected chi connectivity index (χ2v) is 5.08. The second-order valence-electron chi connectivity index (χ2n) is 5.08. The summed E-state index contributed by atoms with van der Waals surface area (Å²) in [5.74, 6) is 2.05. The van der Waals surface area contributed by atoms with Gasteiger partial charge in [-0.25, -0.2) is 0 Å². The van der Waals surface area contributed by atoms with Gasteiger partial charge in [0.25, 0.3) is 0 Å². The van der Waals surface area contributed by atoms with Gasteiger partial charge in [-0.3, -0.25) is 4.90 Å². The third-order valence-electron chi connectivity index (χ3n) is 3.67. The first-order chi connectivity index (χ1) is 9.74. The number of ether oxygens (including phenoxy) is 1. The van der Waals surface area contributed by atoms with Gasteiger partial charge in [-0.05, 0) is 31.5 Å². The molecule has 0 spiro atoms. The van der Waals surface area contributed by atoms with E-state index in [4.69, 9.17) is 9.15 Å². The van der Waals surface area contributed by atoms with Crippen molar-refractivity contribution < 1.29 is 9.15 Å². The van der Waals surface area contributed by atoms with E-state index in [1.165, 1.54) is 0 Å². The molecule has 0 saturated heterocycles. The van der Waals surface area contributed by atoms with Crippen molar-refractivity contribution in [2.45, 2.75) is 52.7 Å². The van der Waals surface area contributed by atoms with E-state index < -0.39 is 0 Å². The van der Waals surface area contributed by atoms with Crippen molar-refractivity contribution in [3.05, 3.63) is 23.7 Å². The fourth-order valence-electron chi connectivity index (χ4n) is 2.46. The maximum absolute atomic E-state index is 5.89. The van der Waals surface area contributed by atoms with Crippen LogP contribution in [-0.2, 0) is 17.8 Å². The van der Waals surface area contributed by atoms with E-state index in [-0.39, 0.29) is 0 Å². The zero-order valence-corrected chi connectivity index (χ0v) is 13.4. The molecule has 4 nitrogen and oxygen atoms in total. The number of hydrogen-bond acceptors (Lipinski definition) is 4. The summed E-state index contributed by atoms with van der Waals surface area (Å²) in [6.45, 7) is 10.9. The van der Waals surface area contributed by atoms with Gasteiger partial charge in [0, 0.05) is 19.7 Å². The number of nitrogens with zero attached hydrogens (tertiary/aromatic N) is 1. The van der Waals surface area contributed by atoms with E-state index in [0.29, 0.717) is 6.04 Å². The van der Waals surface area contributed by atoms with Crippen LogP contribution in [-0.4, -0.2) is 37.7 Å². The van der Waals surface area contributed by atoms with Crippen molar-refractivity contribution in [1.29, 1.82) is 0 Å². The SMILES string of the molecule is CCNCc1ccc(CN(CCOC)C(CC)CC)o1. The van der Waals surface area contributed by atoms with E-state index in [9.17, 15) is 0 Å². The molecule has 0 aromatic carbocycles. The maximum Gasteiger partial charge on any atom is 0.118 e. The summed E-state index contributed by atoms with van der Waals surface area (Å²) >= 11 is 0. The van der Waals surface area contributed by atoms with Crippen molar-refractivity contribution in [1.82, 2.24) is 10.2 Å². The Labute approximate surface area is 123 Å². The summed E-state index contributed by atoms with van der Waals surface area (Å²) in [6.07, 6.45) is 2.32. The zero-order chi connectivity index (χ0) is 14.8. The van der Waals surface area contributed by atoms with E-state index in [1.807, 2.05) is 0 Å². The minimum absolute atomic E-state index is 0.590. The third kappa shape index (κ3) is 5.65. The highest BCUT2D eigenvalue weighted by Crippen LogP contribution is 2.15. The van der Waals surface area contributed by atoms with Crippen molar-refractivity contribution in [3.63, 3.8) is 0 Å². The predicted octanol–water partition coefficient (Wildman–Crippen LogP) is 3.03. The Bertz CT molecular complexity index is 348. The molecule has 0 fully saturated rings. The van der Waals surface area contributed by atoms with Gasteiger partial charge in [-0.2, -0.15) is 0 Å². The van der Waals surface area contributed by atoms with Crippen molar-refractivity contribution in [2.24, 2.45) is 0 Å². The Balaban J connectivity index is 2.60. The summed E-state index contributed by atoms with van der Waals surface area (Å²) in [5, 5.41) is 3.28. The van der Waals surface area contributed by atoms with E-state index >= 15 is 0 Å². The molecular weight excluding hydrogens is 252 g/mol. The summed E-state index contributed by atoms with van der Waals surface area (Å²) in [7, 11) is 1.76. The fraction of sp³-hybridized carbons (Fsp3) is 0.750. The van der Waals surface area contributed by atoms with Crippen LogP contribution in [0.25, 0.3) is 0 Å². The van der Waals surface area contributed by atoms with Crippen LogP contribution < -0.4 is 5.32 Å². The first kappa shape index (κ1) is 17.2. The second kappa shape index (κ2) is 9.97. The molecule has 1 rings (SSSR count). The minimum atomic E-state index is 0.590. The molecule has 1 aromatic rings. The molecule has 0 unspecified atom stereocenters. The van der Waals surface area contributed by atoms with Crippen LogP contribution in [0.1, 0.15) is 45.1 Å². The summed E-state index contributed by atoms with van der Waals surface area (Å²) < 4.78 is 11.1. The molecule has 0 aliphatic heterocycles. The van der Waals surface area contributed by atoms with Crippen LogP contribution in [0.2, 0.25) is 0 Å². The Morgan fingerprint density at radius 1 is 1.20 bits per heavy atom. The summed E-state index contributed by atoms with van der Waals surface area (Å²) in [5.41, 5.74) is 0. The highest BCUT2D eigenvalue weighted by molar-refractivity contribution is 5.07. The van der Waals surface area contributed by atoms with Crippen LogP contribution in [0.3, 0.4) is 0 Å². The smallest absolute Gasteiger partial charge is 0.118 e. The number of rotatable bonds is 11. The van der Waals surface area contributed by atoms with Gasteiger partial charge in [0.2, 0.25) is 0 Å². The first-order valence-electron chi connectivity index (χ1n) is 7.76. The Morgan fingerprint density at radius 2 is 1.90 bits per heavy atom. The van der Waals surface area contributed by atoms with Gasteiger partial charge in [-0.15, -0.1) is 0 Å². The van der Waals surface area contributed by atoms with Crippen molar-refractivity contribution in [2.75, 3.05) is 26.8 Å². The first-order valence-corrected chi connectivity index (χ1v) is 7.76. The highest BCUT2D eigenvalue weighted by atomic mass is 16.5. The van der Waals surface area contributed by atoms with Gasteiger partial charge < -0.3 is 14.5 Å². The summed E-state index contributed by atoms with van der Waals surface area (Å²) in [6, 6.07) is 4.75. The van der Waals surface area contributed by atoms with Crippen LogP contribution in [0, 0.1) is 0 Å². The lowest BCUT2D eigenvalue weighted by Crippen LogP contribution is -2.36. The van der Waals surface area contributed by atoms with E-state index in [0.717, 1.165) is 57.1 Å². The van der Waals surface area contributed by atoms with E-state index in [2.05, 4.69) is 43.1 Å². The topological polar surface area (TPSA) is 37.6 Å². The van der Waals surface area contributed by atoms with Gasteiger partial charge in [-0.1, -0.05) is 20.8 Å². The minimum Gasteiger partial charge on any atom is -0.463 e. The molecule has 1 N–H and O–H groups in total. The Morgan fingerprint density at radius 3 is 2.50 bits per heavy atom. The number of methoxy groups -OCH3 is 1. The van der Waals surface area contributed by atoms with Crippen LogP contribution in [0.15, 0.2) is 16.5 Å². The number of furan rings is 1. The van der Waals surface area contributed by atoms with Crippen molar-refractivity contribution in [3.8, 4) is 0 Å². The Hall–Kier alpha value is -0.840. The molecule has 1 aromatic heterocycles. The predicted molar refractivity (Wildman–Crippen MR) is 82.7 cm³/mol.